The fraction of sp³-hybridized carbons (Fsp3) is 0.906. The van der Waals surface area contributed by atoms with E-state index in [2.05, 4.69) is 54.5 Å². The third-order valence-electron chi connectivity index (χ3n) is 13.3. The largest absolute Gasteiger partial charge is 0.469 e. The molecule has 4 heteroatoms. The van der Waals surface area contributed by atoms with Crippen LogP contribution in [0.25, 0.3) is 0 Å². The van der Waals surface area contributed by atoms with E-state index >= 15 is 0 Å². The molecule has 0 aromatic rings. The van der Waals surface area contributed by atoms with Crippen LogP contribution in [0.4, 0.5) is 0 Å². The molecule has 36 heavy (non-hydrogen) atoms. The van der Waals surface area contributed by atoms with Gasteiger partial charge in [-0.3, -0.25) is 4.79 Å². The highest BCUT2D eigenvalue weighted by Crippen LogP contribution is 2.74. The fourth-order valence-electron chi connectivity index (χ4n) is 10.7. The summed E-state index contributed by atoms with van der Waals surface area (Å²) in [5.41, 5.74) is 1.30. The molecule has 4 nitrogen and oxygen atoms in total. The molecule has 3 unspecified atom stereocenters. The molecule has 204 valence electrons. The Balaban J connectivity index is 1.59. The number of aliphatic hydroxyl groups is 2. The van der Waals surface area contributed by atoms with Crippen LogP contribution in [-0.2, 0) is 9.53 Å². The second-order valence-corrected chi connectivity index (χ2v) is 15.9. The lowest BCUT2D eigenvalue weighted by Gasteiger charge is -2.69. The zero-order valence-corrected chi connectivity index (χ0v) is 24.2. The molecule has 5 rings (SSSR count). The molecule has 0 amide bonds. The van der Waals surface area contributed by atoms with Gasteiger partial charge in [0, 0.05) is 0 Å². The van der Waals surface area contributed by atoms with E-state index in [-0.39, 0.29) is 44.4 Å². The van der Waals surface area contributed by atoms with Gasteiger partial charge in [0.15, 0.2) is 0 Å². The molecule has 5 aliphatic carbocycles. The SMILES string of the molecule is COC(=O)[C@]12CCC(C)(C)CC1C1=CCC3[C@@]4(C)C[C@@H](O)[C@@H](O)C(C)(C)CC4CC[C@@]3(C)[C@]1(C)CC2. The van der Waals surface area contributed by atoms with Gasteiger partial charge in [0.05, 0.1) is 24.7 Å². The van der Waals surface area contributed by atoms with E-state index in [1.165, 1.54) is 6.42 Å². The van der Waals surface area contributed by atoms with Gasteiger partial charge >= 0.3 is 5.97 Å². The first-order chi connectivity index (χ1) is 16.6. The van der Waals surface area contributed by atoms with Crippen LogP contribution in [0.5, 0.6) is 0 Å². The van der Waals surface area contributed by atoms with E-state index in [4.69, 9.17) is 4.74 Å². The lowest BCUT2D eigenvalue weighted by Crippen LogP contribution is -2.62. The van der Waals surface area contributed by atoms with Crippen LogP contribution in [0.15, 0.2) is 11.6 Å². The standard InChI is InChI=1S/C32H52O4/c1-27(2)13-15-32(26(35)36-8)16-14-30(6)21(22(32)18-27)9-10-24-29(5)19-23(33)25(34)28(3,4)17-20(29)11-12-31(24,30)7/h9,20,22-25,33-34H,10-19H2,1-8H3/t20?,22?,23-,24?,25-,29+,30-,31-,32+/m1/s1. The molecular weight excluding hydrogens is 448 g/mol. The third-order valence-corrected chi connectivity index (χ3v) is 13.3. The minimum absolute atomic E-state index is 0.00503. The summed E-state index contributed by atoms with van der Waals surface area (Å²) < 4.78 is 5.49. The molecule has 9 atom stereocenters. The van der Waals surface area contributed by atoms with Crippen LogP contribution in [0.2, 0.25) is 0 Å². The maximum Gasteiger partial charge on any atom is 0.312 e. The average molecular weight is 501 g/mol. The predicted molar refractivity (Wildman–Crippen MR) is 143 cm³/mol. The minimum atomic E-state index is -0.673. The van der Waals surface area contributed by atoms with Crippen LogP contribution in [-0.4, -0.2) is 35.5 Å². The summed E-state index contributed by atoms with van der Waals surface area (Å²) in [4.78, 5) is 13.4. The molecule has 0 bridgehead atoms. The second-order valence-electron chi connectivity index (χ2n) is 15.9. The molecule has 5 aliphatic rings. The Kier molecular flexibility index (Phi) is 5.99. The van der Waals surface area contributed by atoms with Gasteiger partial charge in [-0.15, -0.1) is 0 Å². The van der Waals surface area contributed by atoms with Crippen LogP contribution in [0, 0.1) is 50.2 Å². The number of hydrogen-bond acceptors (Lipinski definition) is 4. The molecule has 0 spiro atoms. The van der Waals surface area contributed by atoms with E-state index in [9.17, 15) is 15.0 Å². The molecule has 0 aromatic carbocycles. The average Bonchev–Trinajstić information content (AvgIpc) is 2.86. The van der Waals surface area contributed by atoms with Crippen molar-refractivity contribution < 1.29 is 19.7 Å². The van der Waals surface area contributed by atoms with Crippen molar-refractivity contribution in [2.24, 2.45) is 50.2 Å². The van der Waals surface area contributed by atoms with Crippen LogP contribution < -0.4 is 0 Å². The molecule has 4 saturated carbocycles. The molecule has 2 N–H and O–H groups in total. The van der Waals surface area contributed by atoms with Gasteiger partial charge in [0.1, 0.15) is 0 Å². The van der Waals surface area contributed by atoms with Gasteiger partial charge in [-0.05, 0) is 109 Å². The maximum absolute atomic E-state index is 13.4. The minimum Gasteiger partial charge on any atom is -0.469 e. The normalized spacial score (nSPS) is 51.4. The van der Waals surface area contributed by atoms with Gasteiger partial charge in [0.2, 0.25) is 0 Å². The summed E-state index contributed by atoms with van der Waals surface area (Å²) in [5, 5.41) is 22.2. The Labute approximate surface area is 219 Å². The van der Waals surface area contributed by atoms with Crippen LogP contribution in [0.1, 0.15) is 113 Å². The number of esters is 1. The van der Waals surface area contributed by atoms with Crippen molar-refractivity contribution in [1.82, 2.24) is 0 Å². The summed E-state index contributed by atoms with van der Waals surface area (Å²) in [7, 11) is 1.57. The number of allylic oxidation sites excluding steroid dienone is 2. The Morgan fingerprint density at radius 3 is 2.25 bits per heavy atom. The van der Waals surface area contributed by atoms with E-state index in [0.29, 0.717) is 18.3 Å². The number of ether oxygens (including phenoxy) is 1. The van der Waals surface area contributed by atoms with Crippen LogP contribution >= 0.6 is 0 Å². The molecule has 0 aliphatic heterocycles. The van der Waals surface area contributed by atoms with Gasteiger partial charge < -0.3 is 14.9 Å². The predicted octanol–water partition coefficient (Wildman–Crippen LogP) is 6.68. The van der Waals surface area contributed by atoms with Crippen molar-refractivity contribution in [2.75, 3.05) is 7.11 Å². The van der Waals surface area contributed by atoms with Gasteiger partial charge in [-0.1, -0.05) is 60.1 Å². The lowest BCUT2D eigenvalue weighted by molar-refractivity contribution is -0.177. The molecule has 4 fully saturated rings. The van der Waals surface area contributed by atoms with E-state index in [1.54, 1.807) is 12.7 Å². The Bertz CT molecular complexity index is 950. The van der Waals surface area contributed by atoms with Gasteiger partial charge in [-0.2, -0.15) is 0 Å². The first-order valence-corrected chi connectivity index (χ1v) is 14.7. The third kappa shape index (κ3) is 3.41. The number of carbonyl (C=O) groups is 1. The van der Waals surface area contributed by atoms with Crippen LogP contribution in [0.3, 0.4) is 0 Å². The highest BCUT2D eigenvalue weighted by Gasteiger charge is 2.68. The molecule has 0 saturated heterocycles. The van der Waals surface area contributed by atoms with E-state index < -0.39 is 12.2 Å². The summed E-state index contributed by atoms with van der Waals surface area (Å²) in [5.74, 6) is 1.26. The zero-order valence-electron chi connectivity index (χ0n) is 24.2. The van der Waals surface area contributed by atoms with Gasteiger partial charge in [-0.25, -0.2) is 0 Å². The van der Waals surface area contributed by atoms with Crippen molar-refractivity contribution in [3.63, 3.8) is 0 Å². The van der Waals surface area contributed by atoms with E-state index in [1.807, 2.05) is 0 Å². The Hall–Kier alpha value is -0.870. The van der Waals surface area contributed by atoms with Crippen molar-refractivity contribution in [2.45, 2.75) is 125 Å². The Morgan fingerprint density at radius 2 is 1.58 bits per heavy atom. The van der Waals surface area contributed by atoms with Crippen molar-refractivity contribution in [3.05, 3.63) is 11.6 Å². The number of fused-ring (bicyclic) bond motifs is 7. The second kappa shape index (κ2) is 8.07. The lowest BCUT2D eigenvalue weighted by atomic mass is 9.35. The number of methoxy groups -OCH3 is 1. The Morgan fingerprint density at radius 1 is 0.917 bits per heavy atom. The van der Waals surface area contributed by atoms with Crippen molar-refractivity contribution in [1.29, 1.82) is 0 Å². The number of rotatable bonds is 1. The quantitative estimate of drug-likeness (QED) is 0.311. The maximum atomic E-state index is 13.4. The monoisotopic (exact) mass is 500 g/mol. The topological polar surface area (TPSA) is 66.8 Å². The number of aliphatic hydroxyl groups excluding tert-OH is 2. The summed E-state index contributed by atoms with van der Waals surface area (Å²) >= 11 is 0. The van der Waals surface area contributed by atoms with Gasteiger partial charge in [0.25, 0.3) is 0 Å². The highest BCUT2D eigenvalue weighted by molar-refractivity contribution is 5.78. The molecule has 0 radical (unpaired) electrons. The smallest absolute Gasteiger partial charge is 0.312 e. The van der Waals surface area contributed by atoms with Crippen molar-refractivity contribution >= 4 is 5.97 Å². The highest BCUT2D eigenvalue weighted by atomic mass is 16.5. The molecule has 0 aromatic heterocycles. The summed E-state index contributed by atoms with van der Waals surface area (Å²) in [6, 6.07) is 0. The first kappa shape index (κ1) is 26.7. The summed E-state index contributed by atoms with van der Waals surface area (Å²) in [6.07, 6.45) is 11.3. The molecule has 0 heterocycles. The molecular formula is C32H52O4. The van der Waals surface area contributed by atoms with E-state index in [0.717, 1.165) is 51.4 Å². The number of carbonyl (C=O) groups excluding carboxylic acids is 1. The number of hydrogen-bond donors (Lipinski definition) is 2. The zero-order chi connectivity index (χ0) is 26.5. The summed E-state index contributed by atoms with van der Waals surface area (Å²) in [6.45, 7) is 16.5. The van der Waals surface area contributed by atoms with Crippen molar-refractivity contribution in [3.8, 4) is 0 Å². The first-order valence-electron chi connectivity index (χ1n) is 14.7. The fourth-order valence-corrected chi connectivity index (χ4v) is 10.7.